The lowest BCUT2D eigenvalue weighted by Gasteiger charge is -2.28. The van der Waals surface area contributed by atoms with E-state index in [1.54, 1.807) is 26.0 Å². The summed E-state index contributed by atoms with van der Waals surface area (Å²) in [5.41, 5.74) is 0.802. The number of nitrogens with zero attached hydrogens (tertiary/aromatic N) is 1. The molecule has 0 spiro atoms. The number of unbranched alkanes of at least 4 members (excludes halogenated alkanes) is 1. The summed E-state index contributed by atoms with van der Waals surface area (Å²) < 4.78 is 13.0. The van der Waals surface area contributed by atoms with Crippen LogP contribution in [-0.4, -0.2) is 29.3 Å². The summed E-state index contributed by atoms with van der Waals surface area (Å²) in [5.74, 6) is -0.567. The zero-order chi connectivity index (χ0) is 16.5. The number of benzene rings is 1. The van der Waals surface area contributed by atoms with Crippen LogP contribution in [0.15, 0.2) is 24.3 Å². The first-order valence-corrected chi connectivity index (χ1v) is 7.81. The molecule has 0 aromatic heterocycles. The minimum absolute atomic E-state index is 0.0949. The maximum atomic E-state index is 13.0. The number of hydrogen-bond acceptors (Lipinski definition) is 2. The molecule has 0 unspecified atom stereocenters. The van der Waals surface area contributed by atoms with Crippen LogP contribution in [0.5, 0.6) is 0 Å². The van der Waals surface area contributed by atoms with Crippen molar-refractivity contribution in [2.45, 2.75) is 52.6 Å². The van der Waals surface area contributed by atoms with E-state index in [-0.39, 0.29) is 17.6 Å². The van der Waals surface area contributed by atoms with E-state index in [0.29, 0.717) is 19.5 Å². The normalized spacial score (nSPS) is 11.8. The number of halogens is 1. The van der Waals surface area contributed by atoms with E-state index in [0.717, 1.165) is 18.4 Å². The van der Waals surface area contributed by atoms with Crippen LogP contribution in [-0.2, 0) is 16.1 Å². The summed E-state index contributed by atoms with van der Waals surface area (Å²) >= 11 is 0. The molecule has 0 aliphatic heterocycles. The molecule has 0 aliphatic rings. The third-order valence-electron chi connectivity index (χ3n) is 3.57. The standard InChI is InChI=1S/C17H25FN2O2/c1-4-6-11-19-17(22)13(3)20(16(21)5-2)12-14-7-9-15(18)10-8-14/h7-10,13H,4-6,11-12H2,1-3H3,(H,19,22)/t13-/m1/s1. The lowest BCUT2D eigenvalue weighted by Crippen LogP contribution is -2.47. The highest BCUT2D eigenvalue weighted by Gasteiger charge is 2.24. The van der Waals surface area contributed by atoms with Crippen molar-refractivity contribution in [2.24, 2.45) is 0 Å². The van der Waals surface area contributed by atoms with Gasteiger partial charge in [-0.05, 0) is 31.0 Å². The van der Waals surface area contributed by atoms with Gasteiger partial charge < -0.3 is 10.2 Å². The second-order valence-corrected chi connectivity index (χ2v) is 5.32. The highest BCUT2D eigenvalue weighted by atomic mass is 19.1. The van der Waals surface area contributed by atoms with Crippen molar-refractivity contribution < 1.29 is 14.0 Å². The first kappa shape index (κ1) is 18.1. The molecule has 4 nitrogen and oxygen atoms in total. The van der Waals surface area contributed by atoms with Crippen molar-refractivity contribution in [3.05, 3.63) is 35.6 Å². The Labute approximate surface area is 131 Å². The van der Waals surface area contributed by atoms with Gasteiger partial charge in [-0.1, -0.05) is 32.4 Å². The Balaban J connectivity index is 2.76. The number of nitrogens with one attached hydrogen (secondary N) is 1. The summed E-state index contributed by atoms with van der Waals surface area (Å²) in [6.07, 6.45) is 2.24. The molecule has 1 N–H and O–H groups in total. The Morgan fingerprint density at radius 2 is 1.86 bits per heavy atom. The maximum absolute atomic E-state index is 13.0. The van der Waals surface area contributed by atoms with Gasteiger partial charge in [-0.2, -0.15) is 0 Å². The Hall–Kier alpha value is -1.91. The predicted octanol–water partition coefficient (Wildman–Crippen LogP) is 2.87. The van der Waals surface area contributed by atoms with Gasteiger partial charge in [-0.3, -0.25) is 9.59 Å². The van der Waals surface area contributed by atoms with E-state index in [1.807, 2.05) is 0 Å². The lowest BCUT2D eigenvalue weighted by molar-refractivity contribution is -0.140. The first-order chi connectivity index (χ1) is 10.5. The van der Waals surface area contributed by atoms with Crippen LogP contribution in [0.3, 0.4) is 0 Å². The molecule has 1 aromatic carbocycles. The second-order valence-electron chi connectivity index (χ2n) is 5.32. The molecule has 1 aromatic rings. The van der Waals surface area contributed by atoms with Gasteiger partial charge >= 0.3 is 0 Å². The van der Waals surface area contributed by atoms with Gasteiger partial charge in [0.2, 0.25) is 11.8 Å². The maximum Gasteiger partial charge on any atom is 0.242 e. The number of carbonyl (C=O) groups is 2. The summed E-state index contributed by atoms with van der Waals surface area (Å²) in [6.45, 7) is 6.46. The highest BCUT2D eigenvalue weighted by molar-refractivity contribution is 5.87. The van der Waals surface area contributed by atoms with Crippen molar-refractivity contribution in [3.63, 3.8) is 0 Å². The average molecular weight is 308 g/mol. The summed E-state index contributed by atoms with van der Waals surface area (Å²) in [5, 5.41) is 2.84. The largest absolute Gasteiger partial charge is 0.354 e. The Morgan fingerprint density at radius 1 is 1.23 bits per heavy atom. The van der Waals surface area contributed by atoms with Gasteiger partial charge in [0.15, 0.2) is 0 Å². The molecule has 0 fully saturated rings. The topological polar surface area (TPSA) is 49.4 Å². The van der Waals surface area contributed by atoms with Gasteiger partial charge in [0.05, 0.1) is 0 Å². The van der Waals surface area contributed by atoms with Gasteiger partial charge in [0.25, 0.3) is 0 Å². The first-order valence-electron chi connectivity index (χ1n) is 7.81. The zero-order valence-electron chi connectivity index (χ0n) is 13.6. The van der Waals surface area contributed by atoms with Gasteiger partial charge in [-0.15, -0.1) is 0 Å². The van der Waals surface area contributed by atoms with Crippen LogP contribution in [0, 0.1) is 5.82 Å². The van der Waals surface area contributed by atoms with E-state index < -0.39 is 6.04 Å². The smallest absolute Gasteiger partial charge is 0.242 e. The molecule has 5 heteroatoms. The van der Waals surface area contributed by atoms with Crippen molar-refractivity contribution >= 4 is 11.8 Å². The highest BCUT2D eigenvalue weighted by Crippen LogP contribution is 2.11. The van der Waals surface area contributed by atoms with Crippen LogP contribution in [0.25, 0.3) is 0 Å². The van der Waals surface area contributed by atoms with Crippen molar-refractivity contribution in [1.29, 1.82) is 0 Å². The van der Waals surface area contributed by atoms with Crippen LogP contribution in [0.4, 0.5) is 4.39 Å². The molecule has 22 heavy (non-hydrogen) atoms. The van der Waals surface area contributed by atoms with Gasteiger partial charge in [0, 0.05) is 19.5 Å². The molecule has 1 atom stereocenters. The molecule has 0 aliphatic carbocycles. The number of hydrogen-bond donors (Lipinski definition) is 1. The third kappa shape index (κ3) is 5.47. The fourth-order valence-electron chi connectivity index (χ4n) is 2.11. The molecule has 0 radical (unpaired) electrons. The molecule has 0 saturated carbocycles. The Bertz CT molecular complexity index is 488. The summed E-state index contributed by atoms with van der Waals surface area (Å²) in [4.78, 5) is 25.8. The van der Waals surface area contributed by atoms with E-state index in [2.05, 4.69) is 12.2 Å². The van der Waals surface area contributed by atoms with Crippen molar-refractivity contribution in [1.82, 2.24) is 10.2 Å². The van der Waals surface area contributed by atoms with Crippen LogP contribution >= 0.6 is 0 Å². The fraction of sp³-hybridized carbons (Fsp3) is 0.529. The monoisotopic (exact) mass is 308 g/mol. The quantitative estimate of drug-likeness (QED) is 0.751. The number of amides is 2. The van der Waals surface area contributed by atoms with Crippen LogP contribution in [0.2, 0.25) is 0 Å². The van der Waals surface area contributed by atoms with Crippen LogP contribution < -0.4 is 5.32 Å². The molecule has 2 amide bonds. The molecule has 1 rings (SSSR count). The summed E-state index contributed by atoms with van der Waals surface area (Å²) in [6, 6.07) is 5.43. The fourth-order valence-corrected chi connectivity index (χ4v) is 2.11. The SMILES string of the molecule is CCCCNC(=O)[C@@H](C)N(Cc1ccc(F)cc1)C(=O)CC. The van der Waals surface area contributed by atoms with Crippen molar-refractivity contribution in [2.75, 3.05) is 6.54 Å². The third-order valence-corrected chi connectivity index (χ3v) is 3.57. The molecular formula is C17H25FN2O2. The average Bonchev–Trinajstić information content (AvgIpc) is 2.53. The van der Waals surface area contributed by atoms with E-state index in [9.17, 15) is 14.0 Å². The molecular weight excluding hydrogens is 283 g/mol. The van der Waals surface area contributed by atoms with E-state index in [1.165, 1.54) is 17.0 Å². The number of carbonyl (C=O) groups excluding carboxylic acids is 2. The second kappa shape index (κ2) is 9.18. The predicted molar refractivity (Wildman–Crippen MR) is 84.6 cm³/mol. The minimum Gasteiger partial charge on any atom is -0.354 e. The molecule has 122 valence electrons. The Morgan fingerprint density at radius 3 is 2.41 bits per heavy atom. The van der Waals surface area contributed by atoms with Crippen molar-refractivity contribution in [3.8, 4) is 0 Å². The van der Waals surface area contributed by atoms with Crippen LogP contribution in [0.1, 0.15) is 45.6 Å². The lowest BCUT2D eigenvalue weighted by atomic mass is 10.1. The molecule has 0 bridgehead atoms. The number of rotatable bonds is 8. The van der Waals surface area contributed by atoms with E-state index >= 15 is 0 Å². The summed E-state index contributed by atoms with van der Waals surface area (Å²) in [7, 11) is 0. The molecule has 0 saturated heterocycles. The van der Waals surface area contributed by atoms with Gasteiger partial charge in [0.1, 0.15) is 11.9 Å². The Kier molecular flexibility index (Phi) is 7.57. The zero-order valence-corrected chi connectivity index (χ0v) is 13.6. The van der Waals surface area contributed by atoms with E-state index in [4.69, 9.17) is 0 Å². The minimum atomic E-state index is -0.547. The molecule has 0 heterocycles. The van der Waals surface area contributed by atoms with Gasteiger partial charge in [-0.25, -0.2) is 4.39 Å².